The summed E-state index contributed by atoms with van der Waals surface area (Å²) in [4.78, 5) is 26.5. The molecule has 1 aliphatic rings. The van der Waals surface area contributed by atoms with Gasteiger partial charge in [-0.05, 0) is 41.8 Å². The van der Waals surface area contributed by atoms with E-state index in [0.29, 0.717) is 32.1 Å². The quantitative estimate of drug-likeness (QED) is 0.539. The summed E-state index contributed by atoms with van der Waals surface area (Å²) < 4.78 is 11.4. The molecular formula is C27H28N2O4. The normalized spacial score (nSPS) is 12.4. The number of nitrogens with zero attached hydrogens (tertiary/aromatic N) is 1. The molecule has 6 nitrogen and oxygen atoms in total. The zero-order valence-electron chi connectivity index (χ0n) is 18.5. The molecule has 0 radical (unpaired) electrons. The van der Waals surface area contributed by atoms with Crippen LogP contribution in [0.1, 0.15) is 24.0 Å². The lowest BCUT2D eigenvalue weighted by atomic mass is 10.1. The highest BCUT2D eigenvalue weighted by atomic mass is 16.5. The molecule has 4 rings (SSSR count). The Labute approximate surface area is 194 Å². The van der Waals surface area contributed by atoms with Crippen LogP contribution < -0.4 is 19.7 Å². The van der Waals surface area contributed by atoms with Gasteiger partial charge in [-0.3, -0.25) is 9.59 Å². The average Bonchev–Trinajstić information content (AvgIpc) is 2.87. The van der Waals surface area contributed by atoms with E-state index in [1.165, 1.54) is 0 Å². The number of hydrogen-bond acceptors (Lipinski definition) is 4. The Balaban J connectivity index is 1.16. The van der Waals surface area contributed by atoms with Gasteiger partial charge in [0, 0.05) is 19.4 Å². The van der Waals surface area contributed by atoms with Gasteiger partial charge in [-0.25, -0.2) is 0 Å². The minimum Gasteiger partial charge on any atom is -0.490 e. The molecule has 170 valence electrons. The first-order chi connectivity index (χ1) is 16.2. The highest BCUT2D eigenvalue weighted by molar-refractivity contribution is 5.97. The SMILES string of the molecule is O=C(CCC(=O)N1CCOc2ccccc21)NCCc1ccc(OCc2ccccc2)cc1. The van der Waals surface area contributed by atoms with E-state index in [9.17, 15) is 9.59 Å². The molecule has 0 fully saturated rings. The fourth-order valence-corrected chi connectivity index (χ4v) is 3.71. The van der Waals surface area contributed by atoms with Crippen molar-refractivity contribution in [1.82, 2.24) is 5.32 Å². The minimum atomic E-state index is -0.118. The zero-order chi connectivity index (χ0) is 22.9. The average molecular weight is 445 g/mol. The molecule has 0 aromatic heterocycles. The molecule has 1 N–H and O–H groups in total. The van der Waals surface area contributed by atoms with Crippen molar-refractivity contribution in [3.63, 3.8) is 0 Å². The largest absolute Gasteiger partial charge is 0.490 e. The summed E-state index contributed by atoms with van der Waals surface area (Å²) in [5.74, 6) is 1.34. The minimum absolute atomic E-state index is 0.0630. The molecule has 0 unspecified atom stereocenters. The van der Waals surface area contributed by atoms with E-state index in [2.05, 4.69) is 5.32 Å². The Morgan fingerprint density at radius 1 is 0.879 bits per heavy atom. The first kappa shape index (κ1) is 22.4. The zero-order valence-corrected chi connectivity index (χ0v) is 18.5. The van der Waals surface area contributed by atoms with Crippen molar-refractivity contribution in [2.75, 3.05) is 24.6 Å². The molecule has 0 saturated carbocycles. The van der Waals surface area contributed by atoms with Crippen LogP contribution >= 0.6 is 0 Å². The number of amides is 2. The highest BCUT2D eigenvalue weighted by Crippen LogP contribution is 2.31. The third-order valence-corrected chi connectivity index (χ3v) is 5.50. The molecule has 6 heteroatoms. The van der Waals surface area contributed by atoms with Crippen LogP contribution in [0.4, 0.5) is 5.69 Å². The van der Waals surface area contributed by atoms with Crippen LogP contribution in [0.25, 0.3) is 0 Å². The fraction of sp³-hybridized carbons (Fsp3) is 0.259. The van der Waals surface area contributed by atoms with Gasteiger partial charge in [-0.2, -0.15) is 0 Å². The Morgan fingerprint density at radius 2 is 1.64 bits per heavy atom. The topological polar surface area (TPSA) is 67.9 Å². The van der Waals surface area contributed by atoms with Crippen molar-refractivity contribution in [2.24, 2.45) is 0 Å². The lowest BCUT2D eigenvalue weighted by Crippen LogP contribution is -2.38. The molecular weight excluding hydrogens is 416 g/mol. The van der Waals surface area contributed by atoms with E-state index < -0.39 is 0 Å². The van der Waals surface area contributed by atoms with E-state index in [1.54, 1.807) is 4.90 Å². The molecule has 0 saturated heterocycles. The van der Waals surface area contributed by atoms with Crippen molar-refractivity contribution in [1.29, 1.82) is 0 Å². The number of nitrogens with one attached hydrogen (secondary N) is 1. The van der Waals surface area contributed by atoms with Crippen LogP contribution in [0.2, 0.25) is 0 Å². The number of para-hydroxylation sites is 2. The van der Waals surface area contributed by atoms with Crippen LogP contribution in [-0.2, 0) is 22.6 Å². The first-order valence-corrected chi connectivity index (χ1v) is 11.2. The van der Waals surface area contributed by atoms with Gasteiger partial charge < -0.3 is 19.7 Å². The first-order valence-electron chi connectivity index (χ1n) is 11.2. The summed E-state index contributed by atoms with van der Waals surface area (Å²) in [6, 6.07) is 25.4. The number of ether oxygens (including phenoxy) is 2. The second kappa shape index (κ2) is 11.2. The number of benzene rings is 3. The molecule has 3 aromatic rings. The lowest BCUT2D eigenvalue weighted by Gasteiger charge is -2.29. The predicted octanol–water partition coefficient (Wildman–Crippen LogP) is 4.13. The van der Waals surface area contributed by atoms with Gasteiger partial charge in [-0.15, -0.1) is 0 Å². The fourth-order valence-electron chi connectivity index (χ4n) is 3.71. The second-order valence-corrected chi connectivity index (χ2v) is 7.88. The van der Waals surface area contributed by atoms with E-state index in [4.69, 9.17) is 9.47 Å². The van der Waals surface area contributed by atoms with E-state index in [1.807, 2.05) is 78.9 Å². The third kappa shape index (κ3) is 6.35. The van der Waals surface area contributed by atoms with Crippen LogP contribution in [0.5, 0.6) is 11.5 Å². The molecule has 0 aliphatic carbocycles. The van der Waals surface area contributed by atoms with E-state index in [0.717, 1.165) is 29.0 Å². The lowest BCUT2D eigenvalue weighted by molar-refractivity contribution is -0.125. The van der Waals surface area contributed by atoms with Crippen molar-refractivity contribution in [2.45, 2.75) is 25.9 Å². The third-order valence-electron chi connectivity index (χ3n) is 5.50. The Kier molecular flexibility index (Phi) is 7.59. The monoisotopic (exact) mass is 444 g/mol. The molecule has 1 heterocycles. The molecule has 33 heavy (non-hydrogen) atoms. The summed E-state index contributed by atoms with van der Waals surface area (Å²) in [5, 5.41) is 2.90. The van der Waals surface area contributed by atoms with Gasteiger partial charge in [0.25, 0.3) is 0 Å². The maximum atomic E-state index is 12.6. The molecule has 2 amide bonds. The smallest absolute Gasteiger partial charge is 0.227 e. The van der Waals surface area contributed by atoms with Crippen molar-refractivity contribution in [3.05, 3.63) is 90.0 Å². The van der Waals surface area contributed by atoms with Gasteiger partial charge in [0.2, 0.25) is 11.8 Å². The summed E-state index contributed by atoms with van der Waals surface area (Å²) in [5.41, 5.74) is 3.01. The van der Waals surface area contributed by atoms with Gasteiger partial charge in [0.1, 0.15) is 24.7 Å². The summed E-state index contributed by atoms with van der Waals surface area (Å²) in [6.45, 7) is 2.02. The van der Waals surface area contributed by atoms with E-state index >= 15 is 0 Å². The van der Waals surface area contributed by atoms with Crippen LogP contribution in [0, 0.1) is 0 Å². The van der Waals surface area contributed by atoms with Crippen molar-refractivity contribution < 1.29 is 19.1 Å². The van der Waals surface area contributed by atoms with Gasteiger partial charge >= 0.3 is 0 Å². The maximum absolute atomic E-state index is 12.6. The summed E-state index contributed by atoms with van der Waals surface area (Å²) >= 11 is 0. The maximum Gasteiger partial charge on any atom is 0.227 e. The summed E-state index contributed by atoms with van der Waals surface area (Å²) in [6.07, 6.45) is 1.06. The van der Waals surface area contributed by atoms with Gasteiger partial charge in [0.05, 0.1) is 12.2 Å². The predicted molar refractivity (Wildman–Crippen MR) is 127 cm³/mol. The number of carbonyl (C=O) groups excluding carboxylic acids is 2. The van der Waals surface area contributed by atoms with Crippen LogP contribution in [0.15, 0.2) is 78.9 Å². The standard InChI is InChI=1S/C27H28N2O4/c30-26(14-15-27(31)29-18-19-32-25-9-5-4-8-24(25)29)28-17-16-21-10-12-23(13-11-21)33-20-22-6-2-1-3-7-22/h1-13H,14-20H2,(H,28,30). The molecule has 1 aliphatic heterocycles. The second-order valence-electron chi connectivity index (χ2n) is 7.88. The van der Waals surface area contributed by atoms with Crippen LogP contribution in [0.3, 0.4) is 0 Å². The molecule has 3 aromatic carbocycles. The number of rotatable bonds is 9. The molecule has 0 bridgehead atoms. The van der Waals surface area contributed by atoms with Crippen molar-refractivity contribution in [3.8, 4) is 11.5 Å². The number of carbonyl (C=O) groups is 2. The highest BCUT2D eigenvalue weighted by Gasteiger charge is 2.23. The van der Waals surface area contributed by atoms with E-state index in [-0.39, 0.29) is 24.7 Å². The van der Waals surface area contributed by atoms with Crippen LogP contribution in [-0.4, -0.2) is 31.5 Å². The Hall–Kier alpha value is -3.80. The van der Waals surface area contributed by atoms with Gasteiger partial charge in [0.15, 0.2) is 0 Å². The number of anilines is 1. The number of fused-ring (bicyclic) bond motifs is 1. The van der Waals surface area contributed by atoms with Gasteiger partial charge in [-0.1, -0.05) is 54.6 Å². The van der Waals surface area contributed by atoms with Crippen molar-refractivity contribution >= 4 is 17.5 Å². The summed E-state index contributed by atoms with van der Waals surface area (Å²) in [7, 11) is 0. The Morgan fingerprint density at radius 3 is 2.45 bits per heavy atom. The molecule has 0 spiro atoms. The molecule has 0 atom stereocenters. The Bertz CT molecular complexity index is 1070. The number of hydrogen-bond donors (Lipinski definition) is 1.